The fourth-order valence-electron chi connectivity index (χ4n) is 3.99. The van der Waals surface area contributed by atoms with Gasteiger partial charge in [0, 0.05) is 26.1 Å². The van der Waals surface area contributed by atoms with Crippen molar-refractivity contribution in [1.82, 2.24) is 15.5 Å². The lowest BCUT2D eigenvalue weighted by Gasteiger charge is -2.28. The lowest BCUT2D eigenvalue weighted by molar-refractivity contribution is -0.150. The first-order valence-electron chi connectivity index (χ1n) is 12.6. The summed E-state index contributed by atoms with van der Waals surface area (Å²) in [6, 6.07) is -4.55. The molecular formula is C22H40N10O7. The predicted molar refractivity (Wildman–Crippen MR) is 141 cm³/mol. The number of hydrogen-bond acceptors (Lipinski definition) is 8. The van der Waals surface area contributed by atoms with Crippen molar-refractivity contribution in [3.63, 3.8) is 0 Å². The van der Waals surface area contributed by atoms with Gasteiger partial charge in [-0.1, -0.05) is 0 Å². The number of likely N-dealkylation sites (tertiary alicyclic amines) is 1. The summed E-state index contributed by atoms with van der Waals surface area (Å²) in [4.78, 5) is 70.6. The Bertz CT molecular complexity index is 934. The molecule has 0 aromatic rings. The van der Waals surface area contributed by atoms with E-state index in [9.17, 15) is 29.1 Å². The molecule has 0 saturated carbocycles. The van der Waals surface area contributed by atoms with Gasteiger partial charge in [-0.3, -0.25) is 29.2 Å². The monoisotopic (exact) mass is 556 g/mol. The van der Waals surface area contributed by atoms with E-state index in [1.165, 1.54) is 0 Å². The normalized spacial score (nSPS) is 16.8. The van der Waals surface area contributed by atoms with Crippen molar-refractivity contribution in [3.8, 4) is 0 Å². The Morgan fingerprint density at radius 2 is 1.41 bits per heavy atom. The topological polar surface area (TPSA) is 308 Å². The van der Waals surface area contributed by atoms with Crippen molar-refractivity contribution in [2.75, 3.05) is 19.6 Å². The molecule has 39 heavy (non-hydrogen) atoms. The first kappa shape index (κ1) is 32.9. The first-order valence-corrected chi connectivity index (χ1v) is 12.6. The molecule has 1 aliphatic rings. The van der Waals surface area contributed by atoms with Crippen molar-refractivity contribution >= 4 is 41.6 Å². The van der Waals surface area contributed by atoms with Crippen LogP contribution < -0.4 is 39.3 Å². The van der Waals surface area contributed by atoms with Crippen LogP contribution in [0.2, 0.25) is 0 Å². The molecule has 1 saturated heterocycles. The van der Waals surface area contributed by atoms with Gasteiger partial charge < -0.3 is 54.4 Å². The van der Waals surface area contributed by atoms with Crippen LogP contribution >= 0.6 is 0 Å². The van der Waals surface area contributed by atoms with E-state index in [0.717, 1.165) is 4.90 Å². The van der Waals surface area contributed by atoms with Crippen LogP contribution in [0.15, 0.2) is 9.98 Å². The van der Waals surface area contributed by atoms with Crippen LogP contribution in [-0.2, 0) is 24.0 Å². The molecule has 17 heteroatoms. The minimum Gasteiger partial charge on any atom is -0.481 e. The Balaban J connectivity index is 3.01. The van der Waals surface area contributed by atoms with Crippen molar-refractivity contribution < 1.29 is 34.2 Å². The number of nitrogens with two attached hydrogens (primary N) is 5. The molecule has 14 N–H and O–H groups in total. The summed E-state index contributed by atoms with van der Waals surface area (Å²) in [7, 11) is 0. The number of carbonyl (C=O) groups is 5. The maximum Gasteiger partial charge on any atom is 0.326 e. The summed E-state index contributed by atoms with van der Waals surface area (Å²) in [6.07, 6.45) is 0.925. The molecule has 0 aromatic heterocycles. The quantitative estimate of drug-likeness (QED) is 0.0475. The number of aliphatic carboxylic acids is 2. The van der Waals surface area contributed by atoms with E-state index in [0.29, 0.717) is 12.8 Å². The molecule has 0 spiro atoms. The number of carbonyl (C=O) groups excluding carboxylic acids is 3. The first-order chi connectivity index (χ1) is 18.3. The van der Waals surface area contributed by atoms with Gasteiger partial charge in [-0.05, 0) is 44.9 Å². The van der Waals surface area contributed by atoms with Crippen LogP contribution in [-0.4, -0.2) is 100 Å². The van der Waals surface area contributed by atoms with E-state index in [4.69, 9.17) is 33.8 Å². The van der Waals surface area contributed by atoms with Gasteiger partial charge in [-0.25, -0.2) is 4.79 Å². The zero-order chi connectivity index (χ0) is 29.5. The zero-order valence-electron chi connectivity index (χ0n) is 21.8. The second-order valence-corrected chi connectivity index (χ2v) is 9.09. The van der Waals surface area contributed by atoms with E-state index < -0.39 is 60.2 Å². The fourth-order valence-corrected chi connectivity index (χ4v) is 3.99. The van der Waals surface area contributed by atoms with Crippen LogP contribution in [0.4, 0.5) is 0 Å². The fraction of sp³-hybridized carbons (Fsp3) is 0.682. The molecule has 1 rings (SSSR count). The Hall–Kier alpha value is -4.15. The smallest absolute Gasteiger partial charge is 0.326 e. The van der Waals surface area contributed by atoms with Crippen molar-refractivity contribution in [3.05, 3.63) is 0 Å². The molecule has 1 aliphatic heterocycles. The van der Waals surface area contributed by atoms with Gasteiger partial charge in [0.15, 0.2) is 11.9 Å². The van der Waals surface area contributed by atoms with E-state index in [1.807, 2.05) is 0 Å². The number of guanidine groups is 2. The number of carboxylic acid groups (broad SMARTS) is 2. The van der Waals surface area contributed by atoms with Crippen molar-refractivity contribution in [2.24, 2.45) is 38.7 Å². The Morgan fingerprint density at radius 1 is 0.846 bits per heavy atom. The maximum atomic E-state index is 13.2. The third kappa shape index (κ3) is 12.3. The highest BCUT2D eigenvalue weighted by Crippen LogP contribution is 2.20. The SMILES string of the molecule is NC(N)=NCCCC(N)C(=O)NC(CCCN=C(N)N)C(=O)NC(CCC(=O)O)C(=O)N1CCCC1C(=O)O. The molecule has 0 bridgehead atoms. The average Bonchev–Trinajstić information content (AvgIpc) is 3.35. The molecule has 0 radical (unpaired) electrons. The summed E-state index contributed by atoms with van der Waals surface area (Å²) in [5.41, 5.74) is 27.1. The zero-order valence-corrected chi connectivity index (χ0v) is 21.8. The van der Waals surface area contributed by atoms with E-state index in [2.05, 4.69) is 20.6 Å². The molecule has 1 fully saturated rings. The van der Waals surface area contributed by atoms with E-state index in [-0.39, 0.29) is 63.7 Å². The second kappa shape index (κ2) is 16.6. The molecule has 1 heterocycles. The molecule has 4 atom stereocenters. The summed E-state index contributed by atoms with van der Waals surface area (Å²) in [6.45, 7) is 0.567. The molecule has 220 valence electrons. The highest BCUT2D eigenvalue weighted by atomic mass is 16.4. The summed E-state index contributed by atoms with van der Waals surface area (Å²) >= 11 is 0. The number of aliphatic imine (C=N–C) groups is 2. The number of rotatable bonds is 17. The van der Waals surface area contributed by atoms with Crippen LogP contribution in [0.1, 0.15) is 51.4 Å². The van der Waals surface area contributed by atoms with Gasteiger partial charge in [-0.2, -0.15) is 0 Å². The van der Waals surface area contributed by atoms with Gasteiger partial charge in [0.1, 0.15) is 18.1 Å². The Kier molecular flexibility index (Phi) is 14.0. The molecule has 0 aliphatic carbocycles. The molecule has 17 nitrogen and oxygen atoms in total. The van der Waals surface area contributed by atoms with Crippen LogP contribution in [0.5, 0.6) is 0 Å². The summed E-state index contributed by atoms with van der Waals surface area (Å²) in [5.74, 6) is -4.76. The van der Waals surface area contributed by atoms with Gasteiger partial charge in [0.25, 0.3) is 0 Å². The highest BCUT2D eigenvalue weighted by molar-refractivity contribution is 5.94. The average molecular weight is 557 g/mol. The van der Waals surface area contributed by atoms with Crippen molar-refractivity contribution in [1.29, 1.82) is 0 Å². The molecule has 0 aromatic carbocycles. The molecule has 4 unspecified atom stereocenters. The van der Waals surface area contributed by atoms with Gasteiger partial charge in [0.05, 0.1) is 6.04 Å². The number of nitrogens with zero attached hydrogens (tertiary/aromatic N) is 3. The minimum absolute atomic E-state index is 0.0659. The minimum atomic E-state index is -1.32. The number of nitrogens with one attached hydrogen (secondary N) is 2. The Labute approximate surface area is 225 Å². The number of hydrogen-bond donors (Lipinski definition) is 9. The van der Waals surface area contributed by atoms with Gasteiger partial charge >= 0.3 is 11.9 Å². The van der Waals surface area contributed by atoms with Gasteiger partial charge in [-0.15, -0.1) is 0 Å². The van der Waals surface area contributed by atoms with Crippen LogP contribution in [0.3, 0.4) is 0 Å². The van der Waals surface area contributed by atoms with E-state index >= 15 is 0 Å². The summed E-state index contributed by atoms with van der Waals surface area (Å²) < 4.78 is 0. The third-order valence-corrected chi connectivity index (χ3v) is 5.97. The van der Waals surface area contributed by atoms with Crippen molar-refractivity contribution in [2.45, 2.75) is 75.5 Å². The van der Waals surface area contributed by atoms with Crippen LogP contribution in [0.25, 0.3) is 0 Å². The number of carboxylic acids is 2. The maximum absolute atomic E-state index is 13.2. The van der Waals surface area contributed by atoms with E-state index in [1.54, 1.807) is 0 Å². The number of amides is 3. The largest absolute Gasteiger partial charge is 0.481 e. The summed E-state index contributed by atoms with van der Waals surface area (Å²) in [5, 5.41) is 23.6. The lowest BCUT2D eigenvalue weighted by atomic mass is 10.1. The highest BCUT2D eigenvalue weighted by Gasteiger charge is 2.38. The molecular weight excluding hydrogens is 516 g/mol. The Morgan fingerprint density at radius 3 is 1.95 bits per heavy atom. The second-order valence-electron chi connectivity index (χ2n) is 9.09. The third-order valence-electron chi connectivity index (χ3n) is 5.97. The van der Waals surface area contributed by atoms with Crippen LogP contribution in [0, 0.1) is 0 Å². The molecule has 3 amide bonds. The standard InChI is InChI=1S/C22H40N10O7/c23-12(4-1-9-28-21(24)25)17(35)30-13(5-2-10-29-22(26)27)18(36)31-14(7-8-16(33)34)19(37)32-11-3-6-15(32)20(38)39/h12-15H,1-11,23H2,(H,30,35)(H,31,36)(H,33,34)(H,38,39)(H4,24,25,28)(H4,26,27,29). The predicted octanol–water partition coefficient (Wildman–Crippen LogP) is -3.67. The van der Waals surface area contributed by atoms with Gasteiger partial charge in [0.2, 0.25) is 17.7 Å². The lowest BCUT2D eigenvalue weighted by Crippen LogP contribution is -2.57.